The minimum absolute atomic E-state index is 0.116. The van der Waals surface area contributed by atoms with Crippen LogP contribution in [-0.4, -0.2) is 54.0 Å². The second kappa shape index (κ2) is 18.3. The normalized spacial score (nSPS) is 14.0. The van der Waals surface area contributed by atoms with Crippen LogP contribution in [0.2, 0.25) is 36.3 Å². The maximum absolute atomic E-state index is 12.4. The van der Waals surface area contributed by atoms with E-state index in [0.29, 0.717) is 24.3 Å². The highest BCUT2D eigenvalue weighted by Gasteiger charge is 2.41. The number of esters is 2. The van der Waals surface area contributed by atoms with Gasteiger partial charge in [-0.25, -0.2) is 9.59 Å². The van der Waals surface area contributed by atoms with Gasteiger partial charge >= 0.3 is 11.9 Å². The fourth-order valence-electron chi connectivity index (χ4n) is 4.68. The Hall–Kier alpha value is -2.27. The van der Waals surface area contributed by atoms with Gasteiger partial charge in [0.2, 0.25) is 0 Å². The molecule has 0 aliphatic rings. The van der Waals surface area contributed by atoms with Crippen molar-refractivity contribution in [2.24, 2.45) is 0 Å². The minimum atomic E-state index is -1.99. The van der Waals surface area contributed by atoms with Crippen LogP contribution in [0.3, 0.4) is 0 Å². The van der Waals surface area contributed by atoms with Crippen molar-refractivity contribution < 1.29 is 27.9 Å². The van der Waals surface area contributed by atoms with E-state index in [1.807, 2.05) is 36.4 Å². The van der Waals surface area contributed by atoms with Crippen LogP contribution in [0.5, 0.6) is 0 Å². The molecule has 258 valence electrons. The Labute approximate surface area is 282 Å². The molecule has 6 nitrogen and oxygen atoms in total. The van der Waals surface area contributed by atoms with Crippen molar-refractivity contribution in [3.63, 3.8) is 0 Å². The Kier molecular flexibility index (Phi) is 15.9. The zero-order valence-corrected chi connectivity index (χ0v) is 32.4. The maximum Gasteiger partial charge on any atom is 0.338 e. The van der Waals surface area contributed by atoms with Gasteiger partial charge in [0.05, 0.1) is 24.3 Å². The SMILES string of the molecule is CC(C)(C)[Si](C)(C)O[C@H](CCCCOC(=O)c1ccccc1)CC[C@@H](CCCCOC(=O)c1ccccc1)O[Si](C)(C)C(C)(C)C. The van der Waals surface area contributed by atoms with Crippen LogP contribution in [0.1, 0.15) is 114 Å². The van der Waals surface area contributed by atoms with Crippen molar-refractivity contribution in [2.45, 2.75) is 141 Å². The number of ether oxygens (including phenoxy) is 2. The van der Waals surface area contributed by atoms with Gasteiger partial charge in [-0.1, -0.05) is 77.9 Å². The van der Waals surface area contributed by atoms with Gasteiger partial charge < -0.3 is 18.3 Å². The Bertz CT molecular complexity index is 1080. The monoisotopic (exact) mass is 670 g/mol. The van der Waals surface area contributed by atoms with E-state index < -0.39 is 16.6 Å². The molecule has 0 radical (unpaired) electrons. The number of carbonyl (C=O) groups excluding carboxylic acids is 2. The molecule has 2 aromatic rings. The zero-order valence-electron chi connectivity index (χ0n) is 30.4. The first-order valence-corrected chi connectivity index (χ1v) is 23.0. The largest absolute Gasteiger partial charge is 0.462 e. The lowest BCUT2D eigenvalue weighted by molar-refractivity contribution is 0.0478. The fraction of sp³-hybridized carbons (Fsp3) is 0.632. The van der Waals surface area contributed by atoms with Crippen LogP contribution in [0, 0.1) is 0 Å². The summed E-state index contributed by atoms with van der Waals surface area (Å²) in [6, 6.07) is 18.3. The Morgan fingerprint density at radius 1 is 0.543 bits per heavy atom. The molecule has 0 aliphatic carbocycles. The van der Waals surface area contributed by atoms with E-state index >= 15 is 0 Å². The van der Waals surface area contributed by atoms with E-state index in [1.54, 1.807) is 24.3 Å². The lowest BCUT2D eigenvalue weighted by Crippen LogP contribution is -2.45. The first kappa shape index (κ1) is 39.9. The fourth-order valence-corrected chi connectivity index (χ4v) is 7.52. The molecule has 0 bridgehead atoms. The molecule has 0 fully saturated rings. The highest BCUT2D eigenvalue weighted by atomic mass is 28.4. The minimum Gasteiger partial charge on any atom is -0.462 e. The predicted octanol–water partition coefficient (Wildman–Crippen LogP) is 10.6. The molecule has 0 N–H and O–H groups in total. The number of carbonyl (C=O) groups is 2. The van der Waals surface area contributed by atoms with E-state index in [2.05, 4.69) is 67.7 Å². The Morgan fingerprint density at radius 2 is 0.870 bits per heavy atom. The lowest BCUT2D eigenvalue weighted by Gasteiger charge is -2.41. The number of rotatable bonds is 19. The molecule has 0 heterocycles. The van der Waals surface area contributed by atoms with E-state index in [9.17, 15) is 9.59 Å². The molecule has 2 aromatic carbocycles. The standard InChI is InChI=1S/C38H62O6Si2/c1-37(2,3)45(7,8)43-33(25-17-19-29-41-35(39)31-21-13-11-14-22-31)27-28-34(44-46(9,10)38(4,5)6)26-18-20-30-42-36(40)32-23-15-12-16-24-32/h11-16,21-24,33-34H,17-20,25-30H2,1-10H3/t33-,34-/m1/s1. The van der Waals surface area contributed by atoms with Gasteiger partial charge in [0.15, 0.2) is 16.6 Å². The van der Waals surface area contributed by atoms with Crippen LogP contribution >= 0.6 is 0 Å². The molecule has 2 rings (SSSR count). The van der Waals surface area contributed by atoms with Gasteiger partial charge in [-0.05, 0) is 112 Å². The lowest BCUT2D eigenvalue weighted by atomic mass is 10.0. The molecule has 0 saturated carbocycles. The smallest absolute Gasteiger partial charge is 0.338 e. The number of hydrogen-bond acceptors (Lipinski definition) is 6. The number of benzene rings is 2. The molecule has 8 heteroatoms. The molecule has 0 spiro atoms. The summed E-state index contributed by atoms with van der Waals surface area (Å²) in [5.41, 5.74) is 1.17. The molecule has 0 aromatic heterocycles. The van der Waals surface area contributed by atoms with Gasteiger partial charge in [-0.2, -0.15) is 0 Å². The second-order valence-electron chi connectivity index (χ2n) is 15.6. The molecular formula is C38H62O6Si2. The molecule has 46 heavy (non-hydrogen) atoms. The quantitative estimate of drug-likeness (QED) is 0.0841. The first-order valence-electron chi connectivity index (χ1n) is 17.2. The van der Waals surface area contributed by atoms with Crippen LogP contribution in [0.15, 0.2) is 60.7 Å². The number of hydrogen-bond donors (Lipinski definition) is 0. The Morgan fingerprint density at radius 3 is 1.17 bits per heavy atom. The summed E-state index contributed by atoms with van der Waals surface area (Å²) in [6.07, 6.45) is 7.45. The molecular weight excluding hydrogens is 609 g/mol. The van der Waals surface area contributed by atoms with E-state index in [4.69, 9.17) is 18.3 Å². The predicted molar refractivity (Wildman–Crippen MR) is 195 cm³/mol. The summed E-state index contributed by atoms with van der Waals surface area (Å²) in [7, 11) is -3.98. The Balaban J connectivity index is 1.99. The van der Waals surface area contributed by atoms with Crippen molar-refractivity contribution in [3.05, 3.63) is 71.8 Å². The van der Waals surface area contributed by atoms with Gasteiger partial charge in [-0.15, -0.1) is 0 Å². The topological polar surface area (TPSA) is 71.1 Å². The summed E-state index contributed by atoms with van der Waals surface area (Å²) in [5.74, 6) is -0.537. The summed E-state index contributed by atoms with van der Waals surface area (Å²) >= 11 is 0. The summed E-state index contributed by atoms with van der Waals surface area (Å²) in [4.78, 5) is 24.7. The molecule has 0 amide bonds. The molecule has 0 unspecified atom stereocenters. The average Bonchev–Trinajstić information content (AvgIpc) is 2.98. The van der Waals surface area contributed by atoms with Crippen LogP contribution in [0.4, 0.5) is 0 Å². The number of unbranched alkanes of at least 4 members (excludes halogenated alkanes) is 2. The van der Waals surface area contributed by atoms with Crippen molar-refractivity contribution in [1.29, 1.82) is 0 Å². The third-order valence-corrected chi connectivity index (χ3v) is 18.7. The highest BCUT2D eigenvalue weighted by Crippen LogP contribution is 2.40. The summed E-state index contributed by atoms with van der Waals surface area (Å²) in [6.45, 7) is 23.8. The highest BCUT2D eigenvalue weighted by molar-refractivity contribution is 6.74. The molecule has 0 saturated heterocycles. The third kappa shape index (κ3) is 13.8. The second-order valence-corrected chi connectivity index (χ2v) is 25.1. The van der Waals surface area contributed by atoms with Crippen molar-refractivity contribution in [2.75, 3.05) is 13.2 Å². The first-order chi connectivity index (χ1) is 21.4. The van der Waals surface area contributed by atoms with Crippen molar-refractivity contribution >= 4 is 28.6 Å². The molecule has 0 aliphatic heterocycles. The van der Waals surface area contributed by atoms with Crippen LogP contribution < -0.4 is 0 Å². The van der Waals surface area contributed by atoms with Gasteiger partial charge in [0, 0.05) is 12.2 Å². The van der Waals surface area contributed by atoms with Crippen LogP contribution in [-0.2, 0) is 18.3 Å². The van der Waals surface area contributed by atoms with Crippen LogP contribution in [0.25, 0.3) is 0 Å². The average molecular weight is 671 g/mol. The zero-order chi connectivity index (χ0) is 34.4. The maximum atomic E-state index is 12.4. The van der Waals surface area contributed by atoms with E-state index in [-0.39, 0.29) is 34.2 Å². The third-order valence-electron chi connectivity index (χ3n) is 9.67. The molecule has 2 atom stereocenters. The van der Waals surface area contributed by atoms with Crippen molar-refractivity contribution in [1.82, 2.24) is 0 Å². The van der Waals surface area contributed by atoms with Gasteiger partial charge in [0.1, 0.15) is 0 Å². The van der Waals surface area contributed by atoms with E-state index in [1.165, 1.54) is 0 Å². The van der Waals surface area contributed by atoms with E-state index in [0.717, 1.165) is 51.4 Å². The van der Waals surface area contributed by atoms with Gasteiger partial charge in [-0.3, -0.25) is 0 Å². The van der Waals surface area contributed by atoms with Crippen molar-refractivity contribution in [3.8, 4) is 0 Å². The summed E-state index contributed by atoms with van der Waals surface area (Å²) in [5, 5.41) is 0.232. The summed E-state index contributed by atoms with van der Waals surface area (Å²) < 4.78 is 25.0. The van der Waals surface area contributed by atoms with Gasteiger partial charge in [0.25, 0.3) is 0 Å².